The van der Waals surface area contributed by atoms with Gasteiger partial charge in [-0.15, -0.1) is 0 Å². The summed E-state index contributed by atoms with van der Waals surface area (Å²) < 4.78 is 16.8. The van der Waals surface area contributed by atoms with Crippen molar-refractivity contribution < 1.29 is 28.6 Å². The fraction of sp³-hybridized carbons (Fsp3) is 0.609. The lowest BCUT2D eigenvalue weighted by Crippen LogP contribution is -2.30. The van der Waals surface area contributed by atoms with Crippen LogP contribution in [-0.4, -0.2) is 37.2 Å². The third kappa shape index (κ3) is 60.0. The molecule has 0 aliphatic heterocycles. The Hall–Kier alpha value is -4.71. The van der Waals surface area contributed by atoms with Crippen molar-refractivity contribution in [2.75, 3.05) is 13.2 Å². The van der Waals surface area contributed by atoms with Crippen molar-refractivity contribution in [2.45, 2.75) is 258 Å². The number of rotatable bonds is 53. The summed E-state index contributed by atoms with van der Waals surface area (Å²) in [6.07, 6.45) is 88.6. The smallest absolute Gasteiger partial charge is 0.309 e. The van der Waals surface area contributed by atoms with E-state index in [1.807, 2.05) is 6.08 Å². The minimum Gasteiger partial charge on any atom is -0.462 e. The maximum atomic E-state index is 12.9. The fourth-order valence-electron chi connectivity index (χ4n) is 7.87. The van der Waals surface area contributed by atoms with E-state index in [1.165, 1.54) is 96.3 Å². The van der Waals surface area contributed by atoms with Gasteiger partial charge in [-0.3, -0.25) is 14.4 Å². The molecule has 0 rings (SSSR count). The molecule has 0 saturated heterocycles. The minimum atomic E-state index is -0.832. The van der Waals surface area contributed by atoms with Gasteiger partial charge in [0.15, 0.2) is 6.10 Å². The Labute approximate surface area is 461 Å². The summed E-state index contributed by atoms with van der Waals surface area (Å²) in [7, 11) is 0. The predicted molar refractivity (Wildman–Crippen MR) is 325 cm³/mol. The highest BCUT2D eigenvalue weighted by Gasteiger charge is 2.19. The number of esters is 3. The van der Waals surface area contributed by atoms with Crippen molar-refractivity contribution in [3.8, 4) is 0 Å². The Morgan fingerprint density at radius 2 is 0.573 bits per heavy atom. The van der Waals surface area contributed by atoms with Gasteiger partial charge in [-0.2, -0.15) is 0 Å². The van der Waals surface area contributed by atoms with E-state index in [2.05, 4.69) is 154 Å². The Balaban J connectivity index is 4.50. The molecule has 0 spiro atoms. The molecule has 0 amide bonds. The molecule has 0 aliphatic rings. The van der Waals surface area contributed by atoms with Crippen LogP contribution in [0, 0.1) is 0 Å². The van der Waals surface area contributed by atoms with Crippen molar-refractivity contribution in [2.24, 2.45) is 0 Å². The second-order valence-electron chi connectivity index (χ2n) is 19.5. The fourth-order valence-corrected chi connectivity index (χ4v) is 7.87. The molecule has 0 aromatic heterocycles. The summed E-state index contributed by atoms with van der Waals surface area (Å²) in [6.45, 7) is 6.28. The number of allylic oxidation sites excluding steroid dienone is 23. The van der Waals surface area contributed by atoms with Crippen LogP contribution in [0.15, 0.2) is 146 Å². The van der Waals surface area contributed by atoms with Crippen molar-refractivity contribution >= 4 is 17.9 Å². The van der Waals surface area contributed by atoms with Gasteiger partial charge in [-0.05, 0) is 122 Å². The van der Waals surface area contributed by atoms with Crippen molar-refractivity contribution in [1.29, 1.82) is 0 Å². The summed E-state index contributed by atoms with van der Waals surface area (Å²) >= 11 is 0. The topological polar surface area (TPSA) is 78.9 Å². The average Bonchev–Trinajstić information content (AvgIpc) is 3.41. The maximum Gasteiger partial charge on any atom is 0.309 e. The van der Waals surface area contributed by atoms with E-state index in [-0.39, 0.29) is 31.6 Å². The Morgan fingerprint density at radius 3 is 0.933 bits per heavy atom. The highest BCUT2D eigenvalue weighted by Crippen LogP contribution is 2.14. The minimum absolute atomic E-state index is 0.118. The number of carbonyl (C=O) groups is 3. The van der Waals surface area contributed by atoms with Crippen LogP contribution in [0.2, 0.25) is 0 Å². The molecule has 0 saturated carbocycles. The van der Waals surface area contributed by atoms with E-state index in [1.54, 1.807) is 6.08 Å². The molecule has 75 heavy (non-hydrogen) atoms. The largest absolute Gasteiger partial charge is 0.462 e. The molecule has 422 valence electrons. The lowest BCUT2D eigenvalue weighted by Gasteiger charge is -2.18. The zero-order valence-electron chi connectivity index (χ0n) is 48.3. The first kappa shape index (κ1) is 70.3. The van der Waals surface area contributed by atoms with Crippen molar-refractivity contribution in [1.82, 2.24) is 0 Å². The van der Waals surface area contributed by atoms with E-state index in [4.69, 9.17) is 14.2 Å². The average molecular weight is 1040 g/mol. The normalized spacial score (nSPS) is 13.2. The van der Waals surface area contributed by atoms with E-state index >= 15 is 0 Å². The molecule has 1 unspecified atom stereocenters. The molecular formula is C69H110O6. The van der Waals surface area contributed by atoms with Crippen LogP contribution in [0.3, 0.4) is 0 Å². The molecule has 6 nitrogen and oxygen atoms in total. The molecule has 0 radical (unpaired) electrons. The molecule has 6 heteroatoms. The third-order valence-corrected chi connectivity index (χ3v) is 12.3. The first-order chi connectivity index (χ1) is 37.0. The first-order valence-electron chi connectivity index (χ1n) is 30.3. The molecule has 0 bridgehead atoms. The summed E-state index contributed by atoms with van der Waals surface area (Å²) in [4.78, 5) is 38.2. The van der Waals surface area contributed by atoms with Crippen LogP contribution in [0.4, 0.5) is 0 Å². The zero-order chi connectivity index (χ0) is 54.3. The van der Waals surface area contributed by atoms with E-state index in [9.17, 15) is 14.4 Å². The van der Waals surface area contributed by atoms with Crippen LogP contribution in [0.25, 0.3) is 0 Å². The standard InChI is InChI=1S/C69H110O6/c1-4-7-10-13-16-19-22-25-28-30-32-33-34-35-37-38-41-44-47-50-53-56-59-62-68(71)74-65-66(64-73-67(70)61-58-55-52-49-46-43-40-27-24-21-18-15-12-9-6-3)75-69(72)63-60-57-54-51-48-45-42-39-36-31-29-26-23-20-17-14-11-8-5-2/h7,9-10,12,16-21,25-29,32-33,35,37,40,46,49,55,58,66H,4-6,8,11,13-15,22-24,30-31,34,36,38-39,41-45,47-48,50-54,56-57,59-65H2,1-3H3/b10-7-,12-9-,19-16-,20-17-,21-18-,28-25-,29-26-,33-32-,37-35-,40-27-,49-46-,58-55-. The van der Waals surface area contributed by atoms with Crippen molar-refractivity contribution in [3.05, 3.63) is 146 Å². The Morgan fingerprint density at radius 1 is 0.293 bits per heavy atom. The number of hydrogen-bond acceptors (Lipinski definition) is 6. The molecule has 0 N–H and O–H groups in total. The lowest BCUT2D eigenvalue weighted by atomic mass is 10.1. The monoisotopic (exact) mass is 1030 g/mol. The van der Waals surface area contributed by atoms with Gasteiger partial charge in [0, 0.05) is 12.8 Å². The third-order valence-electron chi connectivity index (χ3n) is 12.3. The summed E-state index contributed by atoms with van der Waals surface area (Å²) in [6, 6.07) is 0. The summed E-state index contributed by atoms with van der Waals surface area (Å²) in [5.41, 5.74) is 0. The van der Waals surface area contributed by atoms with E-state index < -0.39 is 12.1 Å². The van der Waals surface area contributed by atoms with Gasteiger partial charge in [-0.25, -0.2) is 0 Å². The van der Waals surface area contributed by atoms with Crippen LogP contribution in [-0.2, 0) is 28.6 Å². The summed E-state index contributed by atoms with van der Waals surface area (Å²) in [5.74, 6) is -1.07. The molecule has 0 aromatic rings. The van der Waals surface area contributed by atoms with Gasteiger partial charge in [0.1, 0.15) is 13.2 Å². The number of unbranched alkanes of at least 4 members (excludes halogenated alkanes) is 19. The quantitative estimate of drug-likeness (QED) is 0.0261. The Bertz CT molecular complexity index is 1660. The van der Waals surface area contributed by atoms with Crippen LogP contribution in [0.1, 0.15) is 252 Å². The summed E-state index contributed by atoms with van der Waals surface area (Å²) in [5, 5.41) is 0. The van der Waals surface area contributed by atoms with Gasteiger partial charge in [-0.1, -0.05) is 256 Å². The van der Waals surface area contributed by atoms with E-state index in [0.717, 1.165) is 116 Å². The molecule has 1 atom stereocenters. The van der Waals surface area contributed by atoms with Gasteiger partial charge >= 0.3 is 17.9 Å². The highest BCUT2D eigenvalue weighted by molar-refractivity contribution is 5.72. The molecule has 0 fully saturated rings. The first-order valence-corrected chi connectivity index (χ1v) is 30.3. The van der Waals surface area contributed by atoms with Gasteiger partial charge in [0.25, 0.3) is 0 Å². The second-order valence-corrected chi connectivity index (χ2v) is 19.5. The van der Waals surface area contributed by atoms with Crippen molar-refractivity contribution in [3.63, 3.8) is 0 Å². The predicted octanol–water partition coefficient (Wildman–Crippen LogP) is 20.8. The number of ether oxygens (including phenoxy) is 3. The Kier molecular flexibility index (Phi) is 58.0. The van der Waals surface area contributed by atoms with Crippen LogP contribution >= 0.6 is 0 Å². The SMILES string of the molecule is CC/C=C\C/C=C\C/C=C\C/C=C\C/C=C\CCCCCCCCCC(=O)OCC(COC(=O)C/C=C\C/C=C\C/C=C\C/C=C\C/C=C\CC)OC(=O)CCCCCCCCCCC/C=C\C/C=C\CCCCC. The van der Waals surface area contributed by atoms with Gasteiger partial charge in [0.05, 0.1) is 6.42 Å². The maximum absolute atomic E-state index is 12.9. The number of carbonyl (C=O) groups excluding carboxylic acids is 3. The van der Waals surface area contributed by atoms with Crippen LogP contribution in [0.5, 0.6) is 0 Å². The highest BCUT2D eigenvalue weighted by atomic mass is 16.6. The van der Waals surface area contributed by atoms with Crippen LogP contribution < -0.4 is 0 Å². The van der Waals surface area contributed by atoms with E-state index in [0.29, 0.717) is 12.8 Å². The lowest BCUT2D eigenvalue weighted by molar-refractivity contribution is -0.166. The second kappa shape index (κ2) is 61.8. The molecule has 0 heterocycles. The van der Waals surface area contributed by atoms with Gasteiger partial charge in [0.2, 0.25) is 0 Å². The number of hydrogen-bond donors (Lipinski definition) is 0. The molecule has 0 aromatic carbocycles. The molecular weight excluding hydrogens is 925 g/mol. The molecule has 0 aliphatic carbocycles. The zero-order valence-corrected chi connectivity index (χ0v) is 48.3. The van der Waals surface area contributed by atoms with Gasteiger partial charge < -0.3 is 14.2 Å².